The third-order valence-corrected chi connectivity index (χ3v) is 9.66. The van der Waals surface area contributed by atoms with Crippen molar-refractivity contribution in [3.8, 4) is 17.2 Å². The molecule has 2 fully saturated rings. The van der Waals surface area contributed by atoms with Gasteiger partial charge in [-0.05, 0) is 109 Å². The van der Waals surface area contributed by atoms with E-state index in [1.807, 2.05) is 12.1 Å². The smallest absolute Gasteiger partial charge is 0.153 e. The van der Waals surface area contributed by atoms with Crippen LogP contribution in [0.15, 0.2) is 36.4 Å². The molecule has 0 bridgehead atoms. The first kappa shape index (κ1) is 22.4. The van der Waals surface area contributed by atoms with E-state index in [1.54, 1.807) is 13.2 Å². The number of carbonyl (C=O) groups excluding carboxylic acids is 1. The van der Waals surface area contributed by atoms with Crippen molar-refractivity contribution in [1.29, 1.82) is 1.28 Å². The maximum Gasteiger partial charge on any atom is 0.153 e. The summed E-state index contributed by atoms with van der Waals surface area (Å²) in [5.74, 6) is 5.71. The minimum atomic E-state index is -0.255. The van der Waals surface area contributed by atoms with Crippen molar-refractivity contribution in [3.63, 3.8) is 0 Å². The summed E-state index contributed by atoms with van der Waals surface area (Å²) in [6.07, 6.45) is 8.16. The molecule has 0 saturated heterocycles. The number of carbonyl (C=O) groups is 1. The molecule has 182 valence electrons. The second kappa shape index (κ2) is 9.53. The highest BCUT2D eigenvalue weighted by Gasteiger charge is 2.55. The Labute approximate surface area is 207 Å². The van der Waals surface area contributed by atoms with Crippen LogP contribution < -0.4 is 14.0 Å². The van der Waals surface area contributed by atoms with Gasteiger partial charge in [-0.15, -0.1) is 0 Å². The topological polar surface area (TPSA) is 44.8 Å². The molecule has 0 N–H and O–H groups in total. The normalized spacial score (nSPS) is 32.4. The Morgan fingerprint density at radius 3 is 2.82 bits per heavy atom. The first-order valence-electron chi connectivity index (χ1n) is 13.2. The lowest BCUT2D eigenvalue weighted by molar-refractivity contribution is 0.000928. The number of ether oxygens (including phenoxy) is 2. The Morgan fingerprint density at radius 1 is 1.18 bits per heavy atom. The average molecular weight is 483 g/mol. The van der Waals surface area contributed by atoms with Crippen LogP contribution in [0.4, 0.5) is 0 Å². The zero-order chi connectivity index (χ0) is 24.6. The van der Waals surface area contributed by atoms with Gasteiger partial charge in [0.05, 0.1) is 30.0 Å². The molecule has 0 radical (unpaired) electrons. The van der Waals surface area contributed by atoms with Crippen LogP contribution in [-0.2, 0) is 6.42 Å². The van der Waals surface area contributed by atoms with E-state index in [2.05, 4.69) is 32.0 Å². The number of benzene rings is 2. The predicted molar refractivity (Wildman–Crippen MR) is 138 cm³/mol. The van der Waals surface area contributed by atoms with Gasteiger partial charge >= 0.3 is 0 Å². The summed E-state index contributed by atoms with van der Waals surface area (Å²) < 4.78 is 24.3. The van der Waals surface area contributed by atoms with E-state index in [0.29, 0.717) is 41.1 Å². The highest BCUT2D eigenvalue weighted by molar-refractivity contribution is 7.10. The van der Waals surface area contributed by atoms with Crippen molar-refractivity contribution < 1.29 is 18.8 Å². The van der Waals surface area contributed by atoms with Crippen LogP contribution in [0.25, 0.3) is 0 Å². The molecular weight excluding hydrogens is 443 g/mol. The second-order valence-electron chi connectivity index (χ2n) is 10.9. The third-order valence-electron chi connectivity index (χ3n) is 9.43. The van der Waals surface area contributed by atoms with Crippen LogP contribution in [0.5, 0.6) is 17.2 Å². The fourth-order valence-electron chi connectivity index (χ4n) is 7.80. The molecule has 0 aromatic heterocycles. The SMILES string of the molecule is [3H]POc1ccc2c(c1)CC(C)C1C2CCC2(C)C1CC[C@@H]2CCOc1ccc(C=O)c(OC)c1. The van der Waals surface area contributed by atoms with E-state index in [-0.39, 0.29) is 9.41 Å². The van der Waals surface area contributed by atoms with E-state index in [1.165, 1.54) is 36.8 Å². The van der Waals surface area contributed by atoms with Crippen molar-refractivity contribution in [2.75, 3.05) is 13.7 Å². The molecule has 2 aromatic rings. The lowest BCUT2D eigenvalue weighted by Crippen LogP contribution is -2.45. The van der Waals surface area contributed by atoms with E-state index in [4.69, 9.17) is 15.3 Å². The molecule has 6 unspecified atom stereocenters. The third kappa shape index (κ3) is 4.02. The summed E-state index contributed by atoms with van der Waals surface area (Å²) in [5, 5.41) is 0. The number of hydrogen-bond acceptors (Lipinski definition) is 4. The molecule has 0 amide bonds. The van der Waals surface area contributed by atoms with Crippen LogP contribution >= 0.6 is 9.41 Å². The minimum absolute atomic E-state index is 0.255. The van der Waals surface area contributed by atoms with Crippen molar-refractivity contribution in [2.24, 2.45) is 29.1 Å². The molecule has 7 atom stereocenters. The van der Waals surface area contributed by atoms with E-state index in [9.17, 15) is 4.79 Å². The molecule has 0 aliphatic heterocycles. The Balaban J connectivity index is 1.27. The number of aldehydes is 1. The fourth-order valence-corrected chi connectivity index (χ4v) is 7.93. The first-order valence-corrected chi connectivity index (χ1v) is 13.1. The van der Waals surface area contributed by atoms with Gasteiger partial charge in [-0.2, -0.15) is 0 Å². The molecule has 2 saturated carbocycles. The highest BCUT2D eigenvalue weighted by Crippen LogP contribution is 2.64. The highest BCUT2D eigenvalue weighted by atomic mass is 31.0. The summed E-state index contributed by atoms with van der Waals surface area (Å²) in [7, 11) is 1.33. The summed E-state index contributed by atoms with van der Waals surface area (Å²) >= 11 is 0. The minimum Gasteiger partial charge on any atom is -0.496 e. The van der Waals surface area contributed by atoms with Gasteiger partial charge in [-0.25, -0.2) is 0 Å². The monoisotopic (exact) mass is 482 g/mol. The quantitative estimate of drug-likeness (QED) is 0.304. The van der Waals surface area contributed by atoms with Crippen LogP contribution in [-0.4, -0.2) is 21.3 Å². The molecular formula is C29H37O4P. The Hall–Kier alpha value is -2.06. The first-order chi connectivity index (χ1) is 17.0. The molecule has 5 rings (SSSR count). The van der Waals surface area contributed by atoms with Crippen LogP contribution in [0.2, 0.25) is 0 Å². The largest absolute Gasteiger partial charge is 0.496 e. The number of hydrogen-bond donors (Lipinski definition) is 0. The second-order valence-corrected chi connectivity index (χ2v) is 11.1. The summed E-state index contributed by atoms with van der Waals surface area (Å²) in [5.41, 5.74) is 3.91. The van der Waals surface area contributed by atoms with Crippen molar-refractivity contribution in [2.45, 2.75) is 58.3 Å². The molecule has 2 aromatic carbocycles. The molecule has 0 spiro atoms. The summed E-state index contributed by atoms with van der Waals surface area (Å²) in [6, 6.07) is 12.0. The summed E-state index contributed by atoms with van der Waals surface area (Å²) in [4.78, 5) is 11.2. The summed E-state index contributed by atoms with van der Waals surface area (Å²) in [6.45, 7) is 5.71. The standard InChI is InChI=1S/C29H37O4P/c1-18-14-20-15-23(33-34)7-8-24(20)25-10-12-29(2)21(5-9-26(29)28(18)25)11-13-32-22-6-4-19(17-30)27(16-22)31-3/h4,6-8,15-18,21,25-26,28H,5,9-14,34H2,1-3H3/t18?,21-,25?,26?,28?,29?/m1/s1/i34T/t18?,21-,25?,26?,28?,29?,34?. The predicted octanol–water partition coefficient (Wildman–Crippen LogP) is 6.86. The Kier molecular flexibility index (Phi) is 6.28. The average Bonchev–Trinajstić information content (AvgIpc) is 3.20. The number of rotatable bonds is 8. The number of methoxy groups -OCH3 is 1. The lowest BCUT2D eigenvalue weighted by atomic mass is 9.51. The van der Waals surface area contributed by atoms with Gasteiger partial charge in [0, 0.05) is 6.07 Å². The van der Waals surface area contributed by atoms with Crippen molar-refractivity contribution in [1.82, 2.24) is 0 Å². The Bertz CT molecular complexity index is 1070. The maximum atomic E-state index is 11.2. The van der Waals surface area contributed by atoms with Crippen molar-refractivity contribution in [3.05, 3.63) is 53.1 Å². The molecule has 34 heavy (non-hydrogen) atoms. The molecule has 0 heterocycles. The maximum absolute atomic E-state index is 11.2. The van der Waals surface area contributed by atoms with Gasteiger partial charge < -0.3 is 14.0 Å². The molecule has 3 aliphatic carbocycles. The zero-order valence-corrected chi connectivity index (χ0v) is 21.5. The molecule has 3 aliphatic rings. The van der Waals surface area contributed by atoms with Gasteiger partial charge in [-0.3, -0.25) is 4.79 Å². The van der Waals surface area contributed by atoms with Gasteiger partial charge in [0.25, 0.3) is 0 Å². The van der Waals surface area contributed by atoms with Crippen LogP contribution in [0.3, 0.4) is 0 Å². The van der Waals surface area contributed by atoms with Gasteiger partial charge in [0.15, 0.2) is 6.29 Å². The Morgan fingerprint density at radius 2 is 2.03 bits per heavy atom. The van der Waals surface area contributed by atoms with Crippen LogP contribution in [0.1, 0.15) is 73.4 Å². The zero-order valence-electron chi connectivity index (χ0n) is 21.5. The lowest BCUT2D eigenvalue weighted by Gasteiger charge is -2.53. The van der Waals surface area contributed by atoms with Gasteiger partial charge in [0.1, 0.15) is 17.2 Å². The molecule has 5 heteroatoms. The number of fused-ring (bicyclic) bond motifs is 5. The van der Waals surface area contributed by atoms with Gasteiger partial charge in [-0.1, -0.05) is 19.9 Å². The molecule has 4 nitrogen and oxygen atoms in total. The fraction of sp³-hybridized carbons (Fsp3) is 0.552. The van der Waals surface area contributed by atoms with E-state index in [0.717, 1.165) is 42.5 Å². The van der Waals surface area contributed by atoms with Crippen LogP contribution in [0, 0.1) is 29.1 Å². The van der Waals surface area contributed by atoms with E-state index < -0.39 is 0 Å². The van der Waals surface area contributed by atoms with Gasteiger partial charge in [0.2, 0.25) is 0 Å². The van der Waals surface area contributed by atoms with E-state index >= 15 is 0 Å². The van der Waals surface area contributed by atoms with Crippen molar-refractivity contribution >= 4 is 15.7 Å².